The van der Waals surface area contributed by atoms with E-state index in [4.69, 9.17) is 0 Å². The second-order valence-corrected chi connectivity index (χ2v) is 3.80. The Hall–Kier alpha value is -1.38. The molecule has 1 aromatic rings. The van der Waals surface area contributed by atoms with Gasteiger partial charge in [-0.1, -0.05) is 0 Å². The molecule has 0 radical (unpaired) electrons. The van der Waals surface area contributed by atoms with Crippen molar-refractivity contribution in [2.24, 2.45) is 0 Å². The molecular formula is C8H7IN2O4. The molecule has 0 amide bonds. The normalized spacial score (nSPS) is 9.47. The van der Waals surface area contributed by atoms with Gasteiger partial charge in [-0.3, -0.25) is 0 Å². The fraction of sp³-hybridized carbons (Fsp3) is 0.125. The Morgan fingerprint density at radius 2 is 2.27 bits per heavy atom. The number of carbonyl (C=O) groups excluding carboxylic acids is 1. The van der Waals surface area contributed by atoms with Crippen molar-refractivity contribution in [3.05, 3.63) is 37.4 Å². The van der Waals surface area contributed by atoms with Crippen molar-refractivity contribution in [1.82, 2.24) is 0 Å². The zero-order valence-electron chi connectivity index (χ0n) is 7.69. The Kier molecular flexibility index (Phi) is 3.83. The van der Waals surface area contributed by atoms with Gasteiger partial charge in [-0.15, -0.1) is 5.43 Å². The van der Waals surface area contributed by atoms with Crippen molar-refractivity contribution in [3.63, 3.8) is 0 Å². The first kappa shape index (κ1) is 11.7. The number of esters is 1. The predicted molar refractivity (Wildman–Crippen MR) is 61.1 cm³/mol. The third-order valence-corrected chi connectivity index (χ3v) is 2.27. The summed E-state index contributed by atoms with van der Waals surface area (Å²) in [5.74, 6) is -0.613. The van der Waals surface area contributed by atoms with Gasteiger partial charge in [0.05, 0.1) is 12.7 Å². The van der Waals surface area contributed by atoms with E-state index in [2.05, 4.69) is 4.74 Å². The van der Waals surface area contributed by atoms with Gasteiger partial charge in [0.25, 0.3) is 0 Å². The van der Waals surface area contributed by atoms with Gasteiger partial charge in [0.15, 0.2) is 5.03 Å². The Labute approximate surface area is 98.9 Å². The van der Waals surface area contributed by atoms with Crippen LogP contribution in [0, 0.1) is 13.7 Å². The molecule has 0 spiro atoms. The number of hydrogen-bond donors (Lipinski definition) is 1. The monoisotopic (exact) mass is 322 g/mol. The first-order valence-electron chi connectivity index (χ1n) is 3.83. The highest BCUT2D eigenvalue weighted by Gasteiger charge is 2.15. The lowest BCUT2D eigenvalue weighted by Crippen LogP contribution is -2.13. The molecular weight excluding hydrogens is 315 g/mol. The first-order valence-corrected chi connectivity index (χ1v) is 4.91. The third-order valence-electron chi connectivity index (χ3n) is 1.60. The Bertz CT molecular complexity index is 408. The van der Waals surface area contributed by atoms with Crippen LogP contribution in [0.3, 0.4) is 0 Å². The first-order chi connectivity index (χ1) is 7.04. The van der Waals surface area contributed by atoms with Crippen LogP contribution in [0.5, 0.6) is 0 Å². The van der Waals surface area contributed by atoms with Crippen LogP contribution in [0.25, 0.3) is 0 Å². The van der Waals surface area contributed by atoms with E-state index in [1.54, 1.807) is 6.07 Å². The van der Waals surface area contributed by atoms with E-state index in [1.165, 1.54) is 19.2 Å². The molecule has 0 saturated heterocycles. The molecule has 6 nitrogen and oxygen atoms in total. The number of hydrogen-bond acceptors (Lipinski definition) is 4. The summed E-state index contributed by atoms with van der Waals surface area (Å²) in [5.41, 5.74) is 2.19. The molecule has 80 valence electrons. The summed E-state index contributed by atoms with van der Waals surface area (Å²) in [6.45, 7) is 0. The summed E-state index contributed by atoms with van der Waals surface area (Å²) in [6, 6.07) is 4.62. The van der Waals surface area contributed by atoms with Crippen LogP contribution >= 0.6 is 22.6 Å². The summed E-state index contributed by atoms with van der Waals surface area (Å²) in [5, 5.41) is 9.53. The molecule has 1 aromatic carbocycles. The van der Waals surface area contributed by atoms with E-state index in [0.717, 1.165) is 3.57 Å². The third kappa shape index (κ3) is 3.05. The zero-order chi connectivity index (χ0) is 11.4. The van der Waals surface area contributed by atoms with Crippen LogP contribution in [0.1, 0.15) is 10.4 Å². The number of carbonyl (C=O) groups is 1. The van der Waals surface area contributed by atoms with Gasteiger partial charge in [-0.2, -0.15) is 0 Å². The number of anilines is 1. The molecule has 0 aliphatic carbocycles. The predicted octanol–water partition coefficient (Wildman–Crippen LogP) is 1.68. The molecule has 7 heteroatoms. The number of nitrogens with zero attached hydrogens (tertiary/aromatic N) is 1. The molecule has 0 bridgehead atoms. The van der Waals surface area contributed by atoms with Crippen LogP contribution in [0.2, 0.25) is 0 Å². The summed E-state index contributed by atoms with van der Waals surface area (Å²) in [4.78, 5) is 21.5. The van der Waals surface area contributed by atoms with Crippen molar-refractivity contribution in [2.75, 3.05) is 12.5 Å². The number of rotatable bonds is 3. The van der Waals surface area contributed by atoms with Crippen molar-refractivity contribution in [3.8, 4) is 0 Å². The molecule has 0 heterocycles. The summed E-state index contributed by atoms with van der Waals surface area (Å²) in [7, 11) is 1.22. The zero-order valence-corrected chi connectivity index (χ0v) is 9.85. The van der Waals surface area contributed by atoms with Gasteiger partial charge < -0.3 is 4.74 Å². The summed E-state index contributed by atoms with van der Waals surface area (Å²) >= 11 is 2.00. The maximum Gasteiger partial charge on any atom is 0.340 e. The Balaban J connectivity index is 3.14. The molecule has 15 heavy (non-hydrogen) atoms. The molecule has 0 aliphatic heterocycles. The quantitative estimate of drug-likeness (QED) is 0.396. The second-order valence-electron chi connectivity index (χ2n) is 2.55. The van der Waals surface area contributed by atoms with Gasteiger partial charge in [0, 0.05) is 3.57 Å². The minimum absolute atomic E-state index is 0.118. The van der Waals surface area contributed by atoms with E-state index in [-0.39, 0.29) is 11.3 Å². The topological polar surface area (TPSA) is 81.5 Å². The average Bonchev–Trinajstić information content (AvgIpc) is 2.19. The number of methoxy groups -OCH3 is 1. The van der Waals surface area contributed by atoms with Gasteiger partial charge in [0.1, 0.15) is 5.69 Å². The molecule has 0 saturated carbocycles. The lowest BCUT2D eigenvalue weighted by Gasteiger charge is -2.05. The highest BCUT2D eigenvalue weighted by atomic mass is 127. The molecule has 0 atom stereocenters. The van der Waals surface area contributed by atoms with E-state index >= 15 is 0 Å². The molecule has 0 aromatic heterocycles. The van der Waals surface area contributed by atoms with E-state index < -0.39 is 11.0 Å². The minimum atomic E-state index is -0.728. The van der Waals surface area contributed by atoms with Crippen LogP contribution in [0.15, 0.2) is 18.2 Å². The lowest BCUT2D eigenvalue weighted by molar-refractivity contribution is -0.445. The molecule has 0 fully saturated rings. The van der Waals surface area contributed by atoms with Crippen molar-refractivity contribution in [1.29, 1.82) is 0 Å². The lowest BCUT2D eigenvalue weighted by atomic mass is 10.2. The fourth-order valence-electron chi connectivity index (χ4n) is 0.991. The van der Waals surface area contributed by atoms with Gasteiger partial charge >= 0.3 is 5.97 Å². The van der Waals surface area contributed by atoms with E-state index in [1.807, 2.05) is 28.0 Å². The summed E-state index contributed by atoms with van der Waals surface area (Å²) < 4.78 is 5.30. The van der Waals surface area contributed by atoms with Crippen LogP contribution in [-0.4, -0.2) is 18.1 Å². The van der Waals surface area contributed by atoms with Gasteiger partial charge in [-0.05, 0) is 40.8 Å². The molecule has 1 rings (SSSR count). The second kappa shape index (κ2) is 4.91. The average molecular weight is 322 g/mol. The van der Waals surface area contributed by atoms with Crippen molar-refractivity contribution >= 4 is 34.2 Å². The highest BCUT2D eigenvalue weighted by Crippen LogP contribution is 2.19. The molecule has 1 N–H and O–H groups in total. The fourth-order valence-corrected chi connectivity index (χ4v) is 1.48. The largest absolute Gasteiger partial charge is 0.465 e. The minimum Gasteiger partial charge on any atom is -0.465 e. The Morgan fingerprint density at radius 1 is 1.60 bits per heavy atom. The molecule has 0 aliphatic rings. The standard InChI is InChI=1S/C8H7IN2O4/c1-15-8(12)6-4-5(9)2-3-7(6)10-11(13)14/h2-4,10H,1H3. The Morgan fingerprint density at radius 3 is 2.80 bits per heavy atom. The maximum atomic E-state index is 11.3. The highest BCUT2D eigenvalue weighted by molar-refractivity contribution is 14.1. The number of halogens is 1. The number of ether oxygens (including phenoxy) is 1. The smallest absolute Gasteiger partial charge is 0.340 e. The number of nitro groups is 1. The van der Waals surface area contributed by atoms with Crippen molar-refractivity contribution in [2.45, 2.75) is 0 Å². The van der Waals surface area contributed by atoms with Crippen molar-refractivity contribution < 1.29 is 14.6 Å². The van der Waals surface area contributed by atoms with E-state index in [0.29, 0.717) is 0 Å². The SMILES string of the molecule is COC(=O)c1cc(I)ccc1N[N+](=O)[O-]. The van der Waals surface area contributed by atoms with E-state index in [9.17, 15) is 14.9 Å². The number of hydrazine groups is 1. The van der Waals surface area contributed by atoms with Crippen LogP contribution < -0.4 is 5.43 Å². The maximum absolute atomic E-state index is 11.3. The van der Waals surface area contributed by atoms with Gasteiger partial charge in [0.2, 0.25) is 0 Å². The molecule has 0 unspecified atom stereocenters. The number of nitrogens with one attached hydrogen (secondary N) is 1. The summed E-state index contributed by atoms with van der Waals surface area (Å²) in [6.07, 6.45) is 0. The van der Waals surface area contributed by atoms with Crippen LogP contribution in [0.4, 0.5) is 5.69 Å². The number of benzene rings is 1. The van der Waals surface area contributed by atoms with Gasteiger partial charge in [-0.25, -0.2) is 14.9 Å². The van der Waals surface area contributed by atoms with Crippen LogP contribution in [-0.2, 0) is 4.74 Å².